The van der Waals surface area contributed by atoms with Crippen molar-refractivity contribution in [2.75, 3.05) is 20.3 Å². The SMILES string of the molecule is COC1(c2noc(C3COCCC3=O)n2)CCCCC1. The number of Topliss-reactive ketones (excluding diaryl/α,β-unsaturated/α-hetero) is 1. The lowest BCUT2D eigenvalue weighted by atomic mass is 9.84. The third kappa shape index (κ3) is 2.38. The van der Waals surface area contributed by atoms with Gasteiger partial charge >= 0.3 is 0 Å². The molecule has 20 heavy (non-hydrogen) atoms. The van der Waals surface area contributed by atoms with Gasteiger partial charge in [-0.1, -0.05) is 24.4 Å². The molecule has 1 atom stereocenters. The van der Waals surface area contributed by atoms with Crippen molar-refractivity contribution < 1.29 is 18.8 Å². The fourth-order valence-electron chi connectivity index (χ4n) is 3.05. The van der Waals surface area contributed by atoms with Gasteiger partial charge in [-0.3, -0.25) is 4.79 Å². The van der Waals surface area contributed by atoms with Gasteiger partial charge < -0.3 is 14.0 Å². The van der Waals surface area contributed by atoms with E-state index in [1.807, 2.05) is 0 Å². The van der Waals surface area contributed by atoms with Crippen molar-refractivity contribution in [2.24, 2.45) is 0 Å². The zero-order chi connectivity index (χ0) is 14.0. The zero-order valence-electron chi connectivity index (χ0n) is 11.8. The molecule has 0 spiro atoms. The molecule has 3 rings (SSSR count). The predicted octanol–water partition coefficient (Wildman–Crippen LogP) is 1.95. The van der Waals surface area contributed by atoms with Gasteiger partial charge in [0, 0.05) is 13.5 Å². The maximum Gasteiger partial charge on any atom is 0.239 e. The molecule has 0 amide bonds. The number of hydrogen-bond acceptors (Lipinski definition) is 6. The summed E-state index contributed by atoms with van der Waals surface area (Å²) < 4.78 is 16.3. The lowest BCUT2D eigenvalue weighted by molar-refractivity contribution is -0.127. The van der Waals surface area contributed by atoms with E-state index >= 15 is 0 Å². The number of aromatic nitrogens is 2. The van der Waals surface area contributed by atoms with Crippen LogP contribution in [-0.2, 0) is 19.9 Å². The van der Waals surface area contributed by atoms with Gasteiger partial charge in [0.05, 0.1) is 13.2 Å². The fourth-order valence-corrected chi connectivity index (χ4v) is 3.05. The van der Waals surface area contributed by atoms with Crippen molar-refractivity contribution in [3.05, 3.63) is 11.7 Å². The highest BCUT2D eigenvalue weighted by molar-refractivity contribution is 5.85. The Morgan fingerprint density at radius 1 is 1.30 bits per heavy atom. The maximum atomic E-state index is 11.9. The lowest BCUT2D eigenvalue weighted by Gasteiger charge is -2.32. The van der Waals surface area contributed by atoms with E-state index in [9.17, 15) is 4.79 Å². The molecule has 1 aromatic rings. The Bertz CT molecular complexity index is 479. The Labute approximate surface area is 117 Å². The van der Waals surface area contributed by atoms with Crippen LogP contribution in [0.25, 0.3) is 0 Å². The van der Waals surface area contributed by atoms with Crippen LogP contribution in [0.5, 0.6) is 0 Å². The molecule has 2 fully saturated rings. The van der Waals surface area contributed by atoms with Crippen LogP contribution in [-0.4, -0.2) is 36.2 Å². The molecule has 0 aromatic carbocycles. The van der Waals surface area contributed by atoms with E-state index < -0.39 is 11.5 Å². The van der Waals surface area contributed by atoms with E-state index in [1.54, 1.807) is 7.11 Å². The van der Waals surface area contributed by atoms with Crippen LogP contribution in [0.1, 0.15) is 56.2 Å². The normalized spacial score (nSPS) is 26.6. The van der Waals surface area contributed by atoms with Gasteiger partial charge in [-0.05, 0) is 12.8 Å². The first-order valence-electron chi connectivity index (χ1n) is 7.25. The second-order valence-corrected chi connectivity index (χ2v) is 5.56. The van der Waals surface area contributed by atoms with Crippen LogP contribution >= 0.6 is 0 Å². The number of nitrogens with zero attached hydrogens (tertiary/aromatic N) is 2. The summed E-state index contributed by atoms with van der Waals surface area (Å²) in [5, 5.41) is 4.07. The van der Waals surface area contributed by atoms with Crippen LogP contribution in [0.2, 0.25) is 0 Å². The molecule has 0 N–H and O–H groups in total. The summed E-state index contributed by atoms with van der Waals surface area (Å²) in [6, 6.07) is 0. The number of carbonyl (C=O) groups excluding carboxylic acids is 1. The van der Waals surface area contributed by atoms with E-state index in [0.717, 1.165) is 25.7 Å². The molecule has 1 aliphatic heterocycles. The minimum absolute atomic E-state index is 0.113. The lowest BCUT2D eigenvalue weighted by Crippen LogP contribution is -2.32. The molecule has 6 heteroatoms. The third-order valence-electron chi connectivity index (χ3n) is 4.37. The van der Waals surface area contributed by atoms with Gasteiger partial charge in [-0.25, -0.2) is 0 Å². The van der Waals surface area contributed by atoms with Gasteiger partial charge in [0.25, 0.3) is 0 Å². The first-order valence-corrected chi connectivity index (χ1v) is 7.25. The molecule has 110 valence electrons. The minimum Gasteiger partial charge on any atom is -0.380 e. The number of rotatable bonds is 3. The van der Waals surface area contributed by atoms with Crippen molar-refractivity contribution in [3.8, 4) is 0 Å². The summed E-state index contributed by atoms with van der Waals surface area (Å²) in [6.07, 6.45) is 5.63. The van der Waals surface area contributed by atoms with Crippen LogP contribution in [0.4, 0.5) is 0 Å². The van der Waals surface area contributed by atoms with Crippen molar-refractivity contribution in [2.45, 2.75) is 50.0 Å². The van der Waals surface area contributed by atoms with Crippen LogP contribution in [0.15, 0.2) is 4.52 Å². The first-order chi connectivity index (χ1) is 9.75. The summed E-state index contributed by atoms with van der Waals surface area (Å²) in [7, 11) is 1.69. The average Bonchev–Trinajstić information content (AvgIpc) is 2.98. The number of carbonyl (C=O) groups is 1. The van der Waals surface area contributed by atoms with E-state index in [-0.39, 0.29) is 5.78 Å². The average molecular weight is 280 g/mol. The molecule has 1 aromatic heterocycles. The van der Waals surface area contributed by atoms with Gasteiger partial charge in [-0.2, -0.15) is 4.98 Å². The van der Waals surface area contributed by atoms with E-state index in [4.69, 9.17) is 14.0 Å². The molecular weight excluding hydrogens is 260 g/mol. The molecule has 0 bridgehead atoms. The Kier molecular flexibility index (Phi) is 3.85. The fraction of sp³-hybridized carbons (Fsp3) is 0.786. The summed E-state index contributed by atoms with van der Waals surface area (Å²) in [5.74, 6) is 0.642. The van der Waals surface area contributed by atoms with Crippen LogP contribution in [0.3, 0.4) is 0 Å². The largest absolute Gasteiger partial charge is 0.380 e. The molecule has 2 heterocycles. The van der Waals surface area contributed by atoms with E-state index in [0.29, 0.717) is 31.3 Å². The number of methoxy groups -OCH3 is 1. The highest BCUT2D eigenvalue weighted by Gasteiger charge is 2.40. The predicted molar refractivity (Wildman–Crippen MR) is 69.3 cm³/mol. The smallest absolute Gasteiger partial charge is 0.239 e. The summed E-state index contributed by atoms with van der Waals surface area (Å²) in [4.78, 5) is 16.3. The molecule has 1 unspecified atom stereocenters. The Hall–Kier alpha value is -1.27. The van der Waals surface area contributed by atoms with Gasteiger partial charge in [-0.15, -0.1) is 0 Å². The van der Waals surface area contributed by atoms with Gasteiger partial charge in [0.15, 0.2) is 0 Å². The second kappa shape index (κ2) is 5.61. The number of ether oxygens (including phenoxy) is 2. The van der Waals surface area contributed by atoms with Crippen molar-refractivity contribution in [3.63, 3.8) is 0 Å². The topological polar surface area (TPSA) is 74.5 Å². The van der Waals surface area contributed by atoms with Crippen molar-refractivity contribution in [1.82, 2.24) is 10.1 Å². The molecule has 2 aliphatic rings. The molecule has 1 saturated carbocycles. The Balaban J connectivity index is 1.83. The molecule has 1 aliphatic carbocycles. The minimum atomic E-state index is -0.446. The summed E-state index contributed by atoms with van der Waals surface area (Å²) in [5.41, 5.74) is -0.446. The standard InChI is InChI=1S/C14H20N2O4/c1-18-14(6-3-2-4-7-14)13-15-12(20-16-13)10-9-19-8-5-11(10)17/h10H,2-9H2,1H3. The van der Waals surface area contributed by atoms with Gasteiger partial charge in [0.1, 0.15) is 17.3 Å². The Morgan fingerprint density at radius 2 is 2.10 bits per heavy atom. The Morgan fingerprint density at radius 3 is 2.80 bits per heavy atom. The van der Waals surface area contributed by atoms with E-state index in [1.165, 1.54) is 6.42 Å². The molecular formula is C14H20N2O4. The second-order valence-electron chi connectivity index (χ2n) is 5.56. The zero-order valence-corrected chi connectivity index (χ0v) is 11.8. The highest BCUT2D eigenvalue weighted by atomic mass is 16.5. The van der Waals surface area contributed by atoms with Crippen LogP contribution in [0, 0.1) is 0 Å². The third-order valence-corrected chi connectivity index (χ3v) is 4.37. The van der Waals surface area contributed by atoms with Crippen LogP contribution < -0.4 is 0 Å². The van der Waals surface area contributed by atoms with Gasteiger partial charge in [0.2, 0.25) is 11.7 Å². The summed E-state index contributed by atoms with van der Waals surface area (Å²) in [6.45, 7) is 0.818. The molecule has 1 saturated heterocycles. The highest BCUT2D eigenvalue weighted by Crippen LogP contribution is 2.39. The monoisotopic (exact) mass is 280 g/mol. The number of hydrogen-bond donors (Lipinski definition) is 0. The maximum absolute atomic E-state index is 11.9. The summed E-state index contributed by atoms with van der Waals surface area (Å²) >= 11 is 0. The molecule has 0 radical (unpaired) electrons. The van der Waals surface area contributed by atoms with Crippen molar-refractivity contribution >= 4 is 5.78 Å². The van der Waals surface area contributed by atoms with E-state index in [2.05, 4.69) is 10.1 Å². The first kappa shape index (κ1) is 13.7. The molecule has 6 nitrogen and oxygen atoms in total. The number of ketones is 1. The quantitative estimate of drug-likeness (QED) is 0.842. The van der Waals surface area contributed by atoms with Crippen molar-refractivity contribution in [1.29, 1.82) is 0 Å².